The third-order valence-electron chi connectivity index (χ3n) is 3.52. The number of anilines is 1. The Balaban J connectivity index is 1.80. The highest BCUT2D eigenvalue weighted by Gasteiger charge is 2.11. The summed E-state index contributed by atoms with van der Waals surface area (Å²) in [7, 11) is 0. The number of hydrogen-bond acceptors (Lipinski definition) is 5. The van der Waals surface area contributed by atoms with Gasteiger partial charge in [0.2, 0.25) is 0 Å². The number of rotatable bonds is 5. The third-order valence-corrected chi connectivity index (χ3v) is 3.52. The molecule has 0 aliphatic rings. The van der Waals surface area contributed by atoms with Crippen LogP contribution in [0.25, 0.3) is 11.3 Å². The van der Waals surface area contributed by atoms with E-state index in [0.717, 1.165) is 6.54 Å². The molecule has 25 heavy (non-hydrogen) atoms. The Morgan fingerprint density at radius 3 is 2.68 bits per heavy atom. The first kappa shape index (κ1) is 16.3. The molecule has 0 aliphatic carbocycles. The lowest BCUT2D eigenvalue weighted by molar-refractivity contribution is 0.0689. The Morgan fingerprint density at radius 2 is 2.04 bits per heavy atom. The van der Waals surface area contributed by atoms with E-state index < -0.39 is 5.97 Å². The molecule has 126 valence electrons. The lowest BCUT2D eigenvalue weighted by atomic mass is 10.1. The second-order valence-corrected chi connectivity index (χ2v) is 5.23. The Labute approximate surface area is 143 Å². The molecule has 8 nitrogen and oxygen atoms in total. The number of amides is 1. The highest BCUT2D eigenvalue weighted by atomic mass is 16.4. The van der Waals surface area contributed by atoms with Gasteiger partial charge in [0.25, 0.3) is 5.91 Å². The normalized spacial score (nSPS) is 10.4. The fourth-order valence-corrected chi connectivity index (χ4v) is 2.22. The Kier molecular flexibility index (Phi) is 4.51. The average molecular weight is 337 g/mol. The molecule has 2 heterocycles. The SMILES string of the molecule is CCn1cc(NC(=O)c2cccc(-c3ccc(C(=O)O)nn3)c2)cn1. The van der Waals surface area contributed by atoms with Gasteiger partial charge in [-0.2, -0.15) is 5.10 Å². The quantitative estimate of drug-likeness (QED) is 0.739. The third kappa shape index (κ3) is 3.69. The van der Waals surface area contributed by atoms with E-state index in [1.54, 1.807) is 47.4 Å². The maximum atomic E-state index is 12.4. The summed E-state index contributed by atoms with van der Waals surface area (Å²) in [6.45, 7) is 2.68. The van der Waals surface area contributed by atoms with Crippen LogP contribution in [0.15, 0.2) is 48.8 Å². The Morgan fingerprint density at radius 1 is 1.20 bits per heavy atom. The highest BCUT2D eigenvalue weighted by molar-refractivity contribution is 6.04. The number of carboxylic acids is 1. The molecule has 1 aromatic carbocycles. The zero-order chi connectivity index (χ0) is 17.8. The minimum absolute atomic E-state index is 0.134. The second kappa shape index (κ2) is 6.91. The number of nitrogens with zero attached hydrogens (tertiary/aromatic N) is 4. The van der Waals surface area contributed by atoms with Crippen molar-refractivity contribution < 1.29 is 14.7 Å². The van der Waals surface area contributed by atoms with E-state index in [4.69, 9.17) is 5.11 Å². The summed E-state index contributed by atoms with van der Waals surface area (Å²) < 4.78 is 1.71. The molecule has 3 aromatic rings. The summed E-state index contributed by atoms with van der Waals surface area (Å²) in [6, 6.07) is 9.78. The van der Waals surface area contributed by atoms with Crippen LogP contribution in [-0.2, 0) is 6.54 Å². The Hall–Kier alpha value is -3.55. The first-order chi connectivity index (χ1) is 12.1. The van der Waals surface area contributed by atoms with Crippen LogP contribution in [0.4, 0.5) is 5.69 Å². The molecule has 0 unspecified atom stereocenters. The van der Waals surface area contributed by atoms with Gasteiger partial charge in [-0.05, 0) is 31.2 Å². The van der Waals surface area contributed by atoms with Crippen molar-refractivity contribution in [2.45, 2.75) is 13.5 Å². The molecule has 0 saturated heterocycles. The molecule has 0 aliphatic heterocycles. The van der Waals surface area contributed by atoms with Crippen molar-refractivity contribution in [2.24, 2.45) is 0 Å². The molecule has 0 saturated carbocycles. The molecular formula is C17H15N5O3. The van der Waals surface area contributed by atoms with Crippen molar-refractivity contribution in [1.82, 2.24) is 20.0 Å². The van der Waals surface area contributed by atoms with Gasteiger partial charge >= 0.3 is 5.97 Å². The average Bonchev–Trinajstić information content (AvgIpc) is 3.09. The fraction of sp³-hybridized carbons (Fsp3) is 0.118. The zero-order valence-corrected chi connectivity index (χ0v) is 13.4. The standard InChI is InChI=1S/C17H15N5O3/c1-2-22-10-13(9-18-22)19-16(23)12-5-3-4-11(8-12)14-6-7-15(17(24)25)21-20-14/h3-10H,2H2,1H3,(H,19,23)(H,24,25). The van der Waals surface area contributed by atoms with Crippen LogP contribution in [0.3, 0.4) is 0 Å². The number of carboxylic acid groups (broad SMARTS) is 1. The topological polar surface area (TPSA) is 110 Å². The van der Waals surface area contributed by atoms with Gasteiger partial charge in [0, 0.05) is 23.9 Å². The van der Waals surface area contributed by atoms with Gasteiger partial charge < -0.3 is 10.4 Å². The molecule has 1 amide bonds. The van der Waals surface area contributed by atoms with E-state index in [-0.39, 0.29) is 11.6 Å². The predicted octanol–water partition coefficient (Wildman–Crippen LogP) is 2.31. The van der Waals surface area contributed by atoms with E-state index in [2.05, 4.69) is 20.6 Å². The summed E-state index contributed by atoms with van der Waals surface area (Å²) >= 11 is 0. The molecule has 3 rings (SSSR count). The van der Waals surface area contributed by atoms with Gasteiger partial charge in [0.15, 0.2) is 5.69 Å². The van der Waals surface area contributed by atoms with Gasteiger partial charge in [-0.25, -0.2) is 4.79 Å². The number of benzene rings is 1. The van der Waals surface area contributed by atoms with E-state index in [1.807, 2.05) is 6.92 Å². The molecule has 0 radical (unpaired) electrons. The number of aromatic carboxylic acids is 1. The summed E-state index contributed by atoms with van der Waals surface area (Å²) in [5.41, 5.74) is 2.08. The lowest BCUT2D eigenvalue weighted by Crippen LogP contribution is -2.11. The van der Waals surface area contributed by atoms with Crippen LogP contribution < -0.4 is 5.32 Å². The number of nitrogens with one attached hydrogen (secondary N) is 1. The number of hydrogen-bond donors (Lipinski definition) is 2. The van der Waals surface area contributed by atoms with E-state index >= 15 is 0 Å². The first-order valence-corrected chi connectivity index (χ1v) is 7.58. The van der Waals surface area contributed by atoms with Gasteiger partial charge in [-0.15, -0.1) is 10.2 Å². The van der Waals surface area contributed by atoms with Crippen molar-refractivity contribution in [3.63, 3.8) is 0 Å². The number of carbonyl (C=O) groups is 2. The predicted molar refractivity (Wildman–Crippen MR) is 90.3 cm³/mol. The monoisotopic (exact) mass is 337 g/mol. The van der Waals surface area contributed by atoms with E-state index in [0.29, 0.717) is 22.5 Å². The highest BCUT2D eigenvalue weighted by Crippen LogP contribution is 2.18. The maximum absolute atomic E-state index is 12.4. The zero-order valence-electron chi connectivity index (χ0n) is 13.4. The summed E-state index contributed by atoms with van der Waals surface area (Å²) in [5.74, 6) is -1.41. The molecule has 0 bridgehead atoms. The lowest BCUT2D eigenvalue weighted by Gasteiger charge is -2.05. The van der Waals surface area contributed by atoms with Gasteiger partial charge in [0.05, 0.1) is 17.6 Å². The van der Waals surface area contributed by atoms with Gasteiger partial charge in [0.1, 0.15) is 0 Å². The number of carbonyl (C=O) groups excluding carboxylic acids is 1. The molecule has 0 spiro atoms. The molecule has 8 heteroatoms. The minimum Gasteiger partial charge on any atom is -0.476 e. The minimum atomic E-state index is -1.14. The summed E-state index contributed by atoms with van der Waals surface area (Å²) in [4.78, 5) is 23.2. The molecule has 2 N–H and O–H groups in total. The first-order valence-electron chi connectivity index (χ1n) is 7.58. The molecule has 0 fully saturated rings. The smallest absolute Gasteiger partial charge is 0.356 e. The van der Waals surface area contributed by atoms with Crippen molar-refractivity contribution in [2.75, 3.05) is 5.32 Å². The van der Waals surface area contributed by atoms with Crippen LogP contribution in [-0.4, -0.2) is 37.0 Å². The fourth-order valence-electron chi connectivity index (χ4n) is 2.22. The van der Waals surface area contributed by atoms with Crippen molar-refractivity contribution in [1.29, 1.82) is 0 Å². The van der Waals surface area contributed by atoms with E-state index in [9.17, 15) is 9.59 Å². The maximum Gasteiger partial charge on any atom is 0.356 e. The molecule has 2 aromatic heterocycles. The van der Waals surface area contributed by atoms with Crippen LogP contribution >= 0.6 is 0 Å². The Bertz CT molecular complexity index is 918. The summed E-state index contributed by atoms with van der Waals surface area (Å²) in [5, 5.41) is 23.3. The van der Waals surface area contributed by atoms with Crippen molar-refractivity contribution in [3.05, 3.63) is 60.0 Å². The van der Waals surface area contributed by atoms with Gasteiger partial charge in [-0.1, -0.05) is 12.1 Å². The second-order valence-electron chi connectivity index (χ2n) is 5.23. The van der Waals surface area contributed by atoms with Crippen molar-refractivity contribution >= 4 is 17.6 Å². The molecular weight excluding hydrogens is 322 g/mol. The van der Waals surface area contributed by atoms with Crippen LogP contribution in [0.5, 0.6) is 0 Å². The largest absolute Gasteiger partial charge is 0.476 e. The summed E-state index contributed by atoms with van der Waals surface area (Å²) in [6.07, 6.45) is 3.33. The number of aryl methyl sites for hydroxylation is 1. The van der Waals surface area contributed by atoms with E-state index in [1.165, 1.54) is 6.07 Å². The van der Waals surface area contributed by atoms with Crippen LogP contribution in [0.2, 0.25) is 0 Å². The van der Waals surface area contributed by atoms with Crippen molar-refractivity contribution in [3.8, 4) is 11.3 Å². The number of aromatic nitrogens is 4. The van der Waals surface area contributed by atoms with Gasteiger partial charge in [-0.3, -0.25) is 9.48 Å². The molecule has 0 atom stereocenters. The van der Waals surface area contributed by atoms with Crippen LogP contribution in [0.1, 0.15) is 27.8 Å². The van der Waals surface area contributed by atoms with Crippen LogP contribution in [0, 0.1) is 0 Å².